The van der Waals surface area contributed by atoms with E-state index in [1.165, 1.54) is 16.0 Å². The number of thiophene rings is 1. The van der Waals surface area contributed by atoms with Gasteiger partial charge in [-0.05, 0) is 42.5 Å². The zero-order chi connectivity index (χ0) is 12.1. The maximum atomic E-state index is 3.58. The van der Waals surface area contributed by atoms with Crippen LogP contribution in [0.5, 0.6) is 0 Å². The lowest BCUT2D eigenvalue weighted by Crippen LogP contribution is -2.23. The van der Waals surface area contributed by atoms with Gasteiger partial charge < -0.3 is 5.32 Å². The fraction of sp³-hybridized carbons (Fsp3) is 0.333. The summed E-state index contributed by atoms with van der Waals surface area (Å²) in [5.74, 6) is 0. The Morgan fingerprint density at radius 1 is 1.18 bits per heavy atom. The van der Waals surface area contributed by atoms with Crippen LogP contribution < -0.4 is 5.32 Å². The van der Waals surface area contributed by atoms with Crippen LogP contribution in [0.4, 0.5) is 0 Å². The minimum Gasteiger partial charge on any atom is -0.310 e. The second kappa shape index (κ2) is 5.99. The molecular weight excluding hydrogens is 226 g/mol. The summed E-state index contributed by atoms with van der Waals surface area (Å²) in [5, 5.41) is 5.76. The SMILES string of the molecule is CCNC(Cc1ccccc1)c1ccsc1C. The molecule has 90 valence electrons. The van der Waals surface area contributed by atoms with Crippen LogP contribution in [0.2, 0.25) is 0 Å². The predicted octanol–water partition coefficient (Wildman–Crippen LogP) is 3.95. The standard InChI is InChI=1S/C15H19NS/c1-3-16-15(14-9-10-17-12(14)2)11-13-7-5-4-6-8-13/h4-10,15-16H,3,11H2,1-2H3. The second-order valence-electron chi connectivity index (χ2n) is 4.23. The zero-order valence-corrected chi connectivity index (χ0v) is 11.3. The molecule has 1 aromatic carbocycles. The summed E-state index contributed by atoms with van der Waals surface area (Å²) < 4.78 is 0. The molecule has 1 atom stereocenters. The first-order valence-corrected chi connectivity index (χ1v) is 7.00. The smallest absolute Gasteiger partial charge is 0.0371 e. The Morgan fingerprint density at radius 2 is 1.94 bits per heavy atom. The monoisotopic (exact) mass is 245 g/mol. The predicted molar refractivity (Wildman–Crippen MR) is 75.6 cm³/mol. The Hall–Kier alpha value is -1.12. The molecule has 2 aromatic rings. The van der Waals surface area contributed by atoms with Crippen LogP contribution in [-0.2, 0) is 6.42 Å². The Kier molecular flexibility index (Phi) is 4.35. The molecule has 1 nitrogen and oxygen atoms in total. The molecule has 0 aliphatic rings. The van der Waals surface area contributed by atoms with Crippen LogP contribution in [0.3, 0.4) is 0 Å². The van der Waals surface area contributed by atoms with E-state index in [1.807, 2.05) is 11.3 Å². The molecule has 1 heterocycles. The van der Waals surface area contributed by atoms with Gasteiger partial charge in [0.05, 0.1) is 0 Å². The van der Waals surface area contributed by atoms with Crippen LogP contribution in [-0.4, -0.2) is 6.54 Å². The van der Waals surface area contributed by atoms with E-state index in [1.54, 1.807) is 0 Å². The Labute approximate surface area is 108 Å². The average molecular weight is 245 g/mol. The zero-order valence-electron chi connectivity index (χ0n) is 10.4. The number of nitrogens with one attached hydrogen (secondary N) is 1. The molecule has 2 rings (SSSR count). The molecule has 1 N–H and O–H groups in total. The highest BCUT2D eigenvalue weighted by molar-refractivity contribution is 7.10. The van der Waals surface area contributed by atoms with E-state index in [9.17, 15) is 0 Å². The van der Waals surface area contributed by atoms with Gasteiger partial charge in [-0.15, -0.1) is 11.3 Å². The molecule has 0 fully saturated rings. The lowest BCUT2D eigenvalue weighted by atomic mass is 9.99. The molecule has 2 heteroatoms. The molecule has 0 saturated heterocycles. The fourth-order valence-corrected chi connectivity index (χ4v) is 2.91. The Bertz CT molecular complexity index is 447. The fourth-order valence-electron chi connectivity index (χ4n) is 2.14. The van der Waals surface area contributed by atoms with Gasteiger partial charge >= 0.3 is 0 Å². The van der Waals surface area contributed by atoms with Crippen molar-refractivity contribution in [3.63, 3.8) is 0 Å². The molecule has 0 bridgehead atoms. The number of hydrogen-bond acceptors (Lipinski definition) is 2. The van der Waals surface area contributed by atoms with Crippen molar-refractivity contribution in [2.24, 2.45) is 0 Å². The van der Waals surface area contributed by atoms with E-state index in [4.69, 9.17) is 0 Å². The van der Waals surface area contributed by atoms with Gasteiger partial charge in [-0.25, -0.2) is 0 Å². The summed E-state index contributed by atoms with van der Waals surface area (Å²) in [6, 6.07) is 13.4. The van der Waals surface area contributed by atoms with E-state index in [0.717, 1.165) is 13.0 Å². The minimum atomic E-state index is 0.439. The second-order valence-corrected chi connectivity index (χ2v) is 5.35. The largest absolute Gasteiger partial charge is 0.310 e. The molecule has 1 aromatic heterocycles. The van der Waals surface area contributed by atoms with Gasteiger partial charge in [0.15, 0.2) is 0 Å². The maximum absolute atomic E-state index is 3.58. The summed E-state index contributed by atoms with van der Waals surface area (Å²) in [7, 11) is 0. The summed E-state index contributed by atoms with van der Waals surface area (Å²) in [5.41, 5.74) is 2.84. The van der Waals surface area contributed by atoms with Gasteiger partial charge in [-0.1, -0.05) is 37.3 Å². The van der Waals surface area contributed by atoms with Gasteiger partial charge in [-0.2, -0.15) is 0 Å². The van der Waals surface area contributed by atoms with Crippen molar-refractivity contribution in [3.05, 3.63) is 57.8 Å². The molecular formula is C15H19NS. The van der Waals surface area contributed by atoms with Crippen molar-refractivity contribution in [2.45, 2.75) is 26.3 Å². The summed E-state index contributed by atoms with van der Waals surface area (Å²) in [4.78, 5) is 1.42. The van der Waals surface area contributed by atoms with Crippen molar-refractivity contribution < 1.29 is 0 Å². The van der Waals surface area contributed by atoms with E-state index in [-0.39, 0.29) is 0 Å². The van der Waals surface area contributed by atoms with Crippen molar-refractivity contribution in [1.82, 2.24) is 5.32 Å². The number of benzene rings is 1. The number of likely N-dealkylation sites (N-methyl/N-ethyl adjacent to an activating group) is 1. The van der Waals surface area contributed by atoms with E-state index >= 15 is 0 Å². The highest BCUT2D eigenvalue weighted by Crippen LogP contribution is 2.25. The molecule has 1 unspecified atom stereocenters. The van der Waals surface area contributed by atoms with E-state index in [2.05, 4.69) is 60.9 Å². The third-order valence-corrected chi connectivity index (χ3v) is 3.87. The van der Waals surface area contributed by atoms with Crippen LogP contribution in [0.15, 0.2) is 41.8 Å². The summed E-state index contributed by atoms with van der Waals surface area (Å²) in [6.07, 6.45) is 1.06. The van der Waals surface area contributed by atoms with Gasteiger partial charge in [0.25, 0.3) is 0 Å². The topological polar surface area (TPSA) is 12.0 Å². The number of hydrogen-bond donors (Lipinski definition) is 1. The third-order valence-electron chi connectivity index (χ3n) is 3.01. The molecule has 0 spiro atoms. The van der Waals surface area contributed by atoms with Crippen LogP contribution in [0, 0.1) is 6.92 Å². The van der Waals surface area contributed by atoms with Crippen molar-refractivity contribution in [3.8, 4) is 0 Å². The molecule has 0 aliphatic heterocycles. The van der Waals surface area contributed by atoms with E-state index < -0.39 is 0 Å². The van der Waals surface area contributed by atoms with Crippen LogP contribution in [0.1, 0.15) is 29.0 Å². The molecule has 0 saturated carbocycles. The first-order chi connectivity index (χ1) is 8.31. The quantitative estimate of drug-likeness (QED) is 0.841. The normalized spacial score (nSPS) is 12.6. The third kappa shape index (κ3) is 3.18. The highest BCUT2D eigenvalue weighted by atomic mass is 32.1. The molecule has 0 aliphatic carbocycles. The maximum Gasteiger partial charge on any atom is 0.0371 e. The van der Waals surface area contributed by atoms with E-state index in [0.29, 0.717) is 6.04 Å². The molecule has 17 heavy (non-hydrogen) atoms. The van der Waals surface area contributed by atoms with Crippen molar-refractivity contribution >= 4 is 11.3 Å². The summed E-state index contributed by atoms with van der Waals surface area (Å²) in [6.45, 7) is 5.38. The minimum absolute atomic E-state index is 0.439. The van der Waals surface area contributed by atoms with Gasteiger partial charge in [-0.3, -0.25) is 0 Å². The Balaban J connectivity index is 2.16. The van der Waals surface area contributed by atoms with Crippen molar-refractivity contribution in [1.29, 1.82) is 0 Å². The molecule has 0 radical (unpaired) electrons. The first-order valence-electron chi connectivity index (χ1n) is 6.12. The lowest BCUT2D eigenvalue weighted by molar-refractivity contribution is 0.549. The van der Waals surface area contributed by atoms with Crippen LogP contribution in [0.25, 0.3) is 0 Å². The van der Waals surface area contributed by atoms with Crippen molar-refractivity contribution in [2.75, 3.05) is 6.54 Å². The summed E-state index contributed by atoms with van der Waals surface area (Å²) >= 11 is 1.83. The number of aryl methyl sites for hydroxylation is 1. The molecule has 0 amide bonds. The Morgan fingerprint density at radius 3 is 2.53 bits per heavy atom. The van der Waals surface area contributed by atoms with Gasteiger partial charge in [0.1, 0.15) is 0 Å². The van der Waals surface area contributed by atoms with Gasteiger partial charge in [0.2, 0.25) is 0 Å². The van der Waals surface area contributed by atoms with Crippen LogP contribution >= 0.6 is 11.3 Å². The van der Waals surface area contributed by atoms with Gasteiger partial charge in [0, 0.05) is 10.9 Å². The highest BCUT2D eigenvalue weighted by Gasteiger charge is 2.13. The average Bonchev–Trinajstić information content (AvgIpc) is 2.76. The number of rotatable bonds is 5. The first kappa shape index (κ1) is 12.3. The lowest BCUT2D eigenvalue weighted by Gasteiger charge is -2.18.